The fraction of sp³-hybridized carbons (Fsp3) is 0.514. The predicted octanol–water partition coefficient (Wildman–Crippen LogP) is 8.59. The molecule has 2 aromatic rings. The van der Waals surface area contributed by atoms with Gasteiger partial charge in [-0.05, 0) is 97.1 Å². The SMILES string of the molecule is C[C@H](Cc1ccccc1)[C@H]1CC[C@H]2C3=CC=C4C[C@H](OC(=O)c5ccccc5)CC[C@]4(C)[C@@H]3CC[C@]12C. The average molecular weight is 495 g/mol. The van der Waals surface area contributed by atoms with Crippen molar-refractivity contribution in [2.24, 2.45) is 34.5 Å². The van der Waals surface area contributed by atoms with Gasteiger partial charge in [0.2, 0.25) is 0 Å². The molecule has 4 aliphatic carbocycles. The van der Waals surface area contributed by atoms with Crippen LogP contribution in [0.2, 0.25) is 0 Å². The largest absolute Gasteiger partial charge is 0.458 e. The summed E-state index contributed by atoms with van der Waals surface area (Å²) in [6.45, 7) is 7.64. The van der Waals surface area contributed by atoms with E-state index in [-0.39, 0.29) is 17.5 Å². The van der Waals surface area contributed by atoms with E-state index in [2.05, 4.69) is 63.3 Å². The van der Waals surface area contributed by atoms with Crippen molar-refractivity contribution in [1.82, 2.24) is 0 Å². The van der Waals surface area contributed by atoms with Crippen molar-refractivity contribution in [2.45, 2.75) is 78.2 Å². The molecular weight excluding hydrogens is 452 g/mol. The first-order valence-corrected chi connectivity index (χ1v) is 14.6. The Morgan fingerprint density at radius 3 is 2.38 bits per heavy atom. The van der Waals surface area contributed by atoms with Crippen LogP contribution in [-0.4, -0.2) is 12.1 Å². The highest BCUT2D eigenvalue weighted by molar-refractivity contribution is 5.89. The van der Waals surface area contributed by atoms with E-state index < -0.39 is 0 Å². The molecule has 0 heterocycles. The van der Waals surface area contributed by atoms with E-state index in [4.69, 9.17) is 4.74 Å². The van der Waals surface area contributed by atoms with Gasteiger partial charge in [-0.15, -0.1) is 0 Å². The smallest absolute Gasteiger partial charge is 0.338 e. The van der Waals surface area contributed by atoms with Crippen LogP contribution >= 0.6 is 0 Å². The minimum absolute atomic E-state index is 0.00876. The van der Waals surface area contributed by atoms with Crippen LogP contribution in [0.15, 0.2) is 84.0 Å². The topological polar surface area (TPSA) is 26.3 Å². The summed E-state index contributed by atoms with van der Waals surface area (Å²) < 4.78 is 5.98. The molecule has 0 aromatic heterocycles. The lowest BCUT2D eigenvalue weighted by Crippen LogP contribution is -2.47. The van der Waals surface area contributed by atoms with Crippen LogP contribution in [0.1, 0.15) is 81.6 Å². The van der Waals surface area contributed by atoms with Gasteiger partial charge in [-0.2, -0.15) is 0 Å². The standard InChI is InChI=1S/C35H42O2/c1-24(22-25-10-6-4-7-11-25)30-16-17-31-29-15-14-27-23-28(37-33(36)26-12-8-5-9-13-26)18-20-34(27,2)32(29)19-21-35(30,31)3/h4-15,24,28,30-32H,16-23H2,1-3H3/t24-,28-,30-,31+,32-,34+,35-/m1/s1. The Morgan fingerprint density at radius 2 is 1.62 bits per heavy atom. The Kier molecular flexibility index (Phi) is 6.42. The van der Waals surface area contributed by atoms with Crippen LogP contribution in [0.5, 0.6) is 0 Å². The lowest BCUT2D eigenvalue weighted by molar-refractivity contribution is 0.00601. The van der Waals surface area contributed by atoms with Gasteiger partial charge in [-0.25, -0.2) is 4.79 Å². The van der Waals surface area contributed by atoms with Gasteiger partial charge in [0.05, 0.1) is 5.56 Å². The molecule has 0 bridgehead atoms. The molecule has 0 aliphatic heterocycles. The minimum atomic E-state index is -0.183. The van der Waals surface area contributed by atoms with Gasteiger partial charge in [-0.3, -0.25) is 0 Å². The molecule has 0 N–H and O–H groups in total. The maximum absolute atomic E-state index is 12.7. The Balaban J connectivity index is 1.18. The molecule has 6 rings (SSSR count). The van der Waals surface area contributed by atoms with Gasteiger partial charge in [0.25, 0.3) is 0 Å². The summed E-state index contributed by atoms with van der Waals surface area (Å²) in [5, 5.41) is 0. The molecule has 4 aliphatic rings. The van der Waals surface area contributed by atoms with Gasteiger partial charge in [-0.1, -0.05) is 92.6 Å². The highest BCUT2D eigenvalue weighted by Gasteiger charge is 2.57. The van der Waals surface area contributed by atoms with Crippen LogP contribution in [0.3, 0.4) is 0 Å². The maximum atomic E-state index is 12.7. The number of hydrogen-bond donors (Lipinski definition) is 0. The van der Waals surface area contributed by atoms with Crippen LogP contribution < -0.4 is 0 Å². The van der Waals surface area contributed by atoms with Crippen molar-refractivity contribution < 1.29 is 9.53 Å². The molecule has 7 atom stereocenters. The van der Waals surface area contributed by atoms with Crippen molar-refractivity contribution in [3.8, 4) is 0 Å². The summed E-state index contributed by atoms with van der Waals surface area (Å²) in [7, 11) is 0. The fourth-order valence-electron chi connectivity index (χ4n) is 8.97. The summed E-state index contributed by atoms with van der Waals surface area (Å²) in [5.74, 6) is 2.70. The third-order valence-electron chi connectivity index (χ3n) is 11.0. The Labute approximate surface area is 223 Å². The van der Waals surface area contributed by atoms with E-state index in [0.717, 1.165) is 37.0 Å². The third kappa shape index (κ3) is 4.31. The molecule has 0 amide bonds. The van der Waals surface area contributed by atoms with Crippen LogP contribution in [0.25, 0.3) is 0 Å². The summed E-state index contributed by atoms with van der Waals surface area (Å²) >= 11 is 0. The molecule has 0 spiro atoms. The number of benzene rings is 2. The van der Waals surface area contributed by atoms with E-state index in [1.54, 1.807) is 5.57 Å². The van der Waals surface area contributed by atoms with Gasteiger partial charge < -0.3 is 4.74 Å². The van der Waals surface area contributed by atoms with Crippen molar-refractivity contribution in [1.29, 1.82) is 0 Å². The second kappa shape index (κ2) is 9.61. The summed E-state index contributed by atoms with van der Waals surface area (Å²) in [6, 6.07) is 20.5. The molecule has 0 radical (unpaired) electrons. The van der Waals surface area contributed by atoms with Gasteiger partial charge in [0, 0.05) is 6.42 Å². The number of carbonyl (C=O) groups excluding carboxylic acids is 1. The molecule has 3 fully saturated rings. The van der Waals surface area contributed by atoms with Crippen molar-refractivity contribution >= 4 is 5.97 Å². The minimum Gasteiger partial charge on any atom is -0.458 e. The lowest BCUT2D eigenvalue weighted by atomic mass is 9.50. The summed E-state index contributed by atoms with van der Waals surface area (Å²) in [5.41, 5.74) is 6.02. The van der Waals surface area contributed by atoms with Crippen LogP contribution in [0.4, 0.5) is 0 Å². The zero-order valence-electron chi connectivity index (χ0n) is 22.8. The second-order valence-corrected chi connectivity index (χ2v) is 12.9. The molecular formula is C35H42O2. The van der Waals surface area contributed by atoms with Crippen molar-refractivity contribution in [3.05, 3.63) is 95.1 Å². The zero-order chi connectivity index (χ0) is 25.6. The Morgan fingerprint density at radius 1 is 0.892 bits per heavy atom. The first kappa shape index (κ1) is 24.7. The number of ether oxygens (including phenoxy) is 1. The first-order chi connectivity index (χ1) is 17.9. The van der Waals surface area contributed by atoms with Crippen molar-refractivity contribution in [2.75, 3.05) is 0 Å². The lowest BCUT2D eigenvalue weighted by Gasteiger charge is -2.55. The monoisotopic (exact) mass is 494 g/mol. The molecule has 37 heavy (non-hydrogen) atoms. The van der Waals surface area contributed by atoms with Crippen molar-refractivity contribution in [3.63, 3.8) is 0 Å². The van der Waals surface area contributed by atoms with E-state index in [1.165, 1.54) is 43.2 Å². The number of fused-ring (bicyclic) bond motifs is 5. The van der Waals surface area contributed by atoms with E-state index in [0.29, 0.717) is 16.9 Å². The molecule has 2 nitrogen and oxygen atoms in total. The van der Waals surface area contributed by atoms with Gasteiger partial charge >= 0.3 is 5.97 Å². The highest BCUT2D eigenvalue weighted by atomic mass is 16.5. The summed E-state index contributed by atoms with van der Waals surface area (Å²) in [4.78, 5) is 12.7. The Hall–Kier alpha value is -2.61. The molecule has 0 saturated heterocycles. The van der Waals surface area contributed by atoms with Gasteiger partial charge in [0.15, 0.2) is 0 Å². The molecule has 0 unspecified atom stereocenters. The van der Waals surface area contributed by atoms with Crippen LogP contribution in [-0.2, 0) is 11.2 Å². The van der Waals surface area contributed by atoms with E-state index in [9.17, 15) is 4.79 Å². The van der Waals surface area contributed by atoms with E-state index in [1.807, 2.05) is 30.3 Å². The second-order valence-electron chi connectivity index (χ2n) is 12.9. The molecule has 2 aromatic carbocycles. The van der Waals surface area contributed by atoms with Crippen LogP contribution in [0, 0.1) is 34.5 Å². The Bertz CT molecular complexity index is 1190. The fourth-order valence-corrected chi connectivity index (χ4v) is 8.97. The molecule has 194 valence electrons. The van der Waals surface area contributed by atoms with E-state index >= 15 is 0 Å². The highest BCUT2D eigenvalue weighted by Crippen LogP contribution is 2.66. The number of rotatable bonds is 5. The van der Waals surface area contributed by atoms with Gasteiger partial charge in [0.1, 0.15) is 6.10 Å². The normalized spacial score (nSPS) is 35.3. The predicted molar refractivity (Wildman–Crippen MR) is 150 cm³/mol. The maximum Gasteiger partial charge on any atom is 0.338 e. The quantitative estimate of drug-likeness (QED) is 0.389. The number of allylic oxidation sites excluding steroid dienone is 3. The number of esters is 1. The molecule has 3 saturated carbocycles. The third-order valence-corrected chi connectivity index (χ3v) is 11.0. The number of carbonyl (C=O) groups is 1. The zero-order valence-corrected chi connectivity index (χ0v) is 22.8. The average Bonchev–Trinajstić information content (AvgIpc) is 3.27. The molecule has 2 heteroatoms. The summed E-state index contributed by atoms with van der Waals surface area (Å²) in [6.07, 6.45) is 14.5. The number of hydrogen-bond acceptors (Lipinski definition) is 2. The first-order valence-electron chi connectivity index (χ1n) is 14.6.